The molecule has 0 aromatic heterocycles. The standard InChI is InChI=1S/C13H18ClFN2O2S/c1-10-9-17(6-5-16(10)2)20(18,19)12-3-4-13(15)11(7-12)8-14/h3-4,7,10H,5-6,8-9H2,1-2H3. The average molecular weight is 321 g/mol. The van der Waals surface area contributed by atoms with Crippen LogP contribution < -0.4 is 0 Å². The second kappa shape index (κ2) is 5.97. The van der Waals surface area contributed by atoms with Crippen molar-refractivity contribution in [3.05, 3.63) is 29.6 Å². The third kappa shape index (κ3) is 2.98. The third-order valence-corrected chi connectivity index (χ3v) is 5.87. The van der Waals surface area contributed by atoms with Gasteiger partial charge in [-0.15, -0.1) is 11.6 Å². The van der Waals surface area contributed by atoms with E-state index in [4.69, 9.17) is 11.6 Å². The molecule has 0 aliphatic carbocycles. The van der Waals surface area contributed by atoms with E-state index < -0.39 is 15.8 Å². The molecule has 0 radical (unpaired) electrons. The second-order valence-corrected chi connectivity index (χ2v) is 7.28. The molecule has 7 heteroatoms. The Kier molecular flexibility index (Phi) is 4.69. The summed E-state index contributed by atoms with van der Waals surface area (Å²) in [5.74, 6) is -0.528. The van der Waals surface area contributed by atoms with Gasteiger partial charge in [0, 0.05) is 31.2 Å². The van der Waals surface area contributed by atoms with Gasteiger partial charge in [-0.3, -0.25) is 0 Å². The lowest BCUT2D eigenvalue weighted by Gasteiger charge is -2.36. The van der Waals surface area contributed by atoms with Crippen molar-refractivity contribution in [3.63, 3.8) is 0 Å². The van der Waals surface area contributed by atoms with E-state index in [0.717, 1.165) is 6.07 Å². The van der Waals surface area contributed by atoms with Gasteiger partial charge < -0.3 is 4.90 Å². The Labute approximate surface area is 124 Å². The number of likely N-dealkylation sites (N-methyl/N-ethyl adjacent to an activating group) is 1. The van der Waals surface area contributed by atoms with E-state index in [1.54, 1.807) is 0 Å². The van der Waals surface area contributed by atoms with Crippen molar-refractivity contribution in [1.82, 2.24) is 9.21 Å². The monoisotopic (exact) mass is 320 g/mol. The second-order valence-electron chi connectivity index (χ2n) is 5.08. The molecule has 20 heavy (non-hydrogen) atoms. The normalized spacial score (nSPS) is 22.1. The predicted molar refractivity (Wildman–Crippen MR) is 76.8 cm³/mol. The van der Waals surface area contributed by atoms with Gasteiger partial charge in [-0.25, -0.2) is 12.8 Å². The quantitative estimate of drug-likeness (QED) is 0.799. The Balaban J connectivity index is 2.31. The van der Waals surface area contributed by atoms with Crippen LogP contribution in [0, 0.1) is 5.82 Å². The molecule has 4 nitrogen and oxygen atoms in total. The van der Waals surface area contributed by atoms with Gasteiger partial charge in [0.2, 0.25) is 10.0 Å². The van der Waals surface area contributed by atoms with Crippen LogP contribution in [0.1, 0.15) is 12.5 Å². The van der Waals surface area contributed by atoms with E-state index in [2.05, 4.69) is 4.90 Å². The molecule has 0 saturated carbocycles. The molecule has 112 valence electrons. The van der Waals surface area contributed by atoms with Gasteiger partial charge in [-0.05, 0) is 32.2 Å². The molecule has 2 rings (SSSR count). The van der Waals surface area contributed by atoms with Crippen LogP contribution in [-0.2, 0) is 15.9 Å². The first-order valence-electron chi connectivity index (χ1n) is 6.41. The maximum atomic E-state index is 13.4. The number of sulfonamides is 1. The van der Waals surface area contributed by atoms with Gasteiger partial charge in [-0.1, -0.05) is 0 Å². The first-order chi connectivity index (χ1) is 9.36. The highest BCUT2D eigenvalue weighted by Crippen LogP contribution is 2.22. The number of alkyl halides is 1. The van der Waals surface area contributed by atoms with Crippen molar-refractivity contribution in [2.24, 2.45) is 0 Å². The lowest BCUT2D eigenvalue weighted by molar-refractivity contribution is 0.159. The van der Waals surface area contributed by atoms with E-state index in [-0.39, 0.29) is 22.4 Å². The highest BCUT2D eigenvalue weighted by atomic mass is 35.5. The van der Waals surface area contributed by atoms with E-state index >= 15 is 0 Å². The average Bonchev–Trinajstić information content (AvgIpc) is 2.42. The molecule has 1 unspecified atom stereocenters. The van der Waals surface area contributed by atoms with Gasteiger partial charge in [0.25, 0.3) is 0 Å². The highest BCUT2D eigenvalue weighted by Gasteiger charge is 2.31. The number of piperazine rings is 1. The van der Waals surface area contributed by atoms with Crippen molar-refractivity contribution in [3.8, 4) is 0 Å². The van der Waals surface area contributed by atoms with Crippen LogP contribution in [0.4, 0.5) is 4.39 Å². The fourth-order valence-corrected chi connectivity index (χ4v) is 3.96. The fourth-order valence-electron chi connectivity index (χ4n) is 2.20. The molecule has 1 aliphatic rings. The Hall–Kier alpha value is -0.690. The Morgan fingerprint density at radius 3 is 2.70 bits per heavy atom. The molecule has 1 heterocycles. The lowest BCUT2D eigenvalue weighted by Crippen LogP contribution is -2.51. The zero-order valence-electron chi connectivity index (χ0n) is 11.5. The number of benzene rings is 1. The van der Waals surface area contributed by atoms with E-state index in [1.165, 1.54) is 16.4 Å². The van der Waals surface area contributed by atoms with Crippen LogP contribution >= 0.6 is 11.6 Å². The largest absolute Gasteiger partial charge is 0.301 e. The van der Waals surface area contributed by atoms with Crippen LogP contribution in [0.25, 0.3) is 0 Å². The maximum Gasteiger partial charge on any atom is 0.243 e. The minimum Gasteiger partial charge on any atom is -0.301 e. The van der Waals surface area contributed by atoms with Crippen molar-refractivity contribution >= 4 is 21.6 Å². The summed E-state index contributed by atoms with van der Waals surface area (Å²) in [6.45, 7) is 3.55. The molecule has 0 spiro atoms. The van der Waals surface area contributed by atoms with Crippen molar-refractivity contribution in [2.45, 2.75) is 23.7 Å². The third-order valence-electron chi connectivity index (χ3n) is 3.72. The summed E-state index contributed by atoms with van der Waals surface area (Å²) in [5.41, 5.74) is 0.204. The van der Waals surface area contributed by atoms with Gasteiger partial charge in [0.05, 0.1) is 10.8 Å². The molecule has 1 fully saturated rings. The van der Waals surface area contributed by atoms with Gasteiger partial charge in [0.15, 0.2) is 0 Å². The molecule has 0 bridgehead atoms. The molecule has 0 amide bonds. The highest BCUT2D eigenvalue weighted by molar-refractivity contribution is 7.89. The summed E-state index contributed by atoms with van der Waals surface area (Å²) in [6.07, 6.45) is 0. The summed E-state index contributed by atoms with van der Waals surface area (Å²) in [4.78, 5) is 2.22. The van der Waals surface area contributed by atoms with Crippen LogP contribution in [-0.4, -0.2) is 50.3 Å². The first-order valence-corrected chi connectivity index (χ1v) is 8.38. The van der Waals surface area contributed by atoms with Gasteiger partial charge >= 0.3 is 0 Å². The minimum atomic E-state index is -3.59. The summed E-state index contributed by atoms with van der Waals surface area (Å²) in [5, 5.41) is 0. The topological polar surface area (TPSA) is 40.6 Å². The summed E-state index contributed by atoms with van der Waals surface area (Å²) in [6, 6.07) is 3.93. The molecule has 1 aromatic rings. The van der Waals surface area contributed by atoms with Crippen LogP contribution in [0.3, 0.4) is 0 Å². The molecule has 1 saturated heterocycles. The van der Waals surface area contributed by atoms with Gasteiger partial charge in [-0.2, -0.15) is 4.31 Å². The lowest BCUT2D eigenvalue weighted by atomic mass is 10.2. The molecular weight excluding hydrogens is 303 g/mol. The summed E-state index contributed by atoms with van der Waals surface area (Å²) in [7, 11) is -1.62. The van der Waals surface area contributed by atoms with Crippen molar-refractivity contribution < 1.29 is 12.8 Å². The Morgan fingerprint density at radius 1 is 1.40 bits per heavy atom. The predicted octanol–water partition coefficient (Wildman–Crippen LogP) is 1.89. The van der Waals surface area contributed by atoms with E-state index in [0.29, 0.717) is 19.6 Å². The van der Waals surface area contributed by atoms with E-state index in [1.807, 2.05) is 14.0 Å². The zero-order valence-corrected chi connectivity index (χ0v) is 13.1. The Morgan fingerprint density at radius 2 is 2.10 bits per heavy atom. The maximum absolute atomic E-state index is 13.4. The van der Waals surface area contributed by atoms with Crippen molar-refractivity contribution in [1.29, 1.82) is 0 Å². The number of hydrogen-bond donors (Lipinski definition) is 0. The number of rotatable bonds is 3. The fraction of sp³-hybridized carbons (Fsp3) is 0.538. The van der Waals surface area contributed by atoms with Gasteiger partial charge in [0.1, 0.15) is 5.82 Å². The van der Waals surface area contributed by atoms with Crippen LogP contribution in [0.2, 0.25) is 0 Å². The number of halogens is 2. The number of hydrogen-bond acceptors (Lipinski definition) is 3. The molecule has 1 atom stereocenters. The molecule has 0 N–H and O–H groups in total. The minimum absolute atomic E-state index is 0.0473. The first kappa shape index (κ1) is 15.7. The smallest absolute Gasteiger partial charge is 0.243 e. The summed E-state index contributed by atoms with van der Waals surface area (Å²) >= 11 is 5.63. The Bertz CT molecular complexity index is 594. The zero-order chi connectivity index (χ0) is 14.9. The molecule has 1 aliphatic heterocycles. The van der Waals surface area contributed by atoms with Crippen LogP contribution in [0.15, 0.2) is 23.1 Å². The summed E-state index contributed by atoms with van der Waals surface area (Å²) < 4.78 is 40.0. The molecular formula is C13H18ClFN2O2S. The number of nitrogens with zero attached hydrogens (tertiary/aromatic N) is 2. The van der Waals surface area contributed by atoms with E-state index in [9.17, 15) is 12.8 Å². The molecule has 1 aromatic carbocycles. The van der Waals surface area contributed by atoms with Crippen molar-refractivity contribution in [2.75, 3.05) is 26.7 Å². The SMILES string of the molecule is CC1CN(S(=O)(=O)c2ccc(F)c(CCl)c2)CCN1C. The van der Waals surface area contributed by atoms with Crippen LogP contribution in [0.5, 0.6) is 0 Å².